The highest BCUT2D eigenvalue weighted by Crippen LogP contribution is 2.19. The summed E-state index contributed by atoms with van der Waals surface area (Å²) in [7, 11) is 1.54. The fourth-order valence-electron chi connectivity index (χ4n) is 0.581. The molecule has 5 heteroatoms. The lowest BCUT2D eigenvalue weighted by Gasteiger charge is -2.05. The summed E-state index contributed by atoms with van der Waals surface area (Å²) in [4.78, 5) is 4.16. The Bertz CT molecular complexity index is 286. The van der Waals surface area contributed by atoms with E-state index in [0.717, 1.165) is 3.70 Å². The fraction of sp³-hybridized carbons (Fsp3) is 0.286. The second-order valence-corrected chi connectivity index (χ2v) is 4.02. The van der Waals surface area contributed by atoms with E-state index >= 15 is 0 Å². The Morgan fingerprint density at radius 2 is 2.42 bits per heavy atom. The number of methoxy groups -OCH3 is 1. The normalized spacial score (nSPS) is 11.1. The van der Waals surface area contributed by atoms with Crippen LogP contribution < -0.4 is 4.74 Å². The van der Waals surface area contributed by atoms with Gasteiger partial charge in [-0.3, -0.25) is 0 Å². The third-order valence-electron chi connectivity index (χ3n) is 1.04. The minimum absolute atomic E-state index is 0.143. The molecule has 3 nitrogen and oxygen atoms in total. The third kappa shape index (κ3) is 3.02. The van der Waals surface area contributed by atoms with Crippen molar-refractivity contribution in [2.75, 3.05) is 13.9 Å². The maximum absolute atomic E-state index is 7.60. The predicted octanol–water partition coefficient (Wildman–Crippen LogP) is 2.27. The molecule has 0 spiro atoms. The van der Waals surface area contributed by atoms with Gasteiger partial charge >= 0.3 is 0 Å². The summed E-state index contributed by atoms with van der Waals surface area (Å²) in [5.41, 5.74) is 0. The second-order valence-electron chi connectivity index (χ2n) is 1.89. The molecular formula is C7H7I2NO2. The lowest BCUT2D eigenvalue weighted by Crippen LogP contribution is -2.01. The van der Waals surface area contributed by atoms with E-state index < -0.39 is 0 Å². The number of hydrogen-bond donors (Lipinski definition) is 0. The van der Waals surface area contributed by atoms with Crippen LogP contribution in [0.5, 0.6) is 5.75 Å². The van der Waals surface area contributed by atoms with Crippen LogP contribution in [-0.4, -0.2) is 18.9 Å². The molecule has 12 heavy (non-hydrogen) atoms. The van der Waals surface area contributed by atoms with E-state index in [1.807, 2.05) is 22.6 Å². The zero-order valence-electron chi connectivity index (χ0n) is 7.30. The van der Waals surface area contributed by atoms with Gasteiger partial charge in [0.2, 0.25) is 0 Å². The molecule has 1 aromatic rings. The number of halogens is 2. The van der Waals surface area contributed by atoms with E-state index in [1.165, 1.54) is 7.11 Å². The lowest BCUT2D eigenvalue weighted by atomic mass is 10.5. The minimum Gasteiger partial charge on any atom is -0.465 e. The summed E-state index contributed by atoms with van der Waals surface area (Å²) < 4.78 is 19.0. The first-order valence-corrected chi connectivity index (χ1v) is 5.25. The molecule has 0 saturated heterocycles. The van der Waals surface area contributed by atoms with E-state index in [1.54, 1.807) is 6.07 Å². The number of hydrogen-bond acceptors (Lipinski definition) is 3. The van der Waals surface area contributed by atoms with E-state index in [9.17, 15) is 0 Å². The Kier molecular flexibility index (Phi) is 3.86. The topological polar surface area (TPSA) is 31.4 Å². The highest BCUT2D eigenvalue weighted by molar-refractivity contribution is 14.1. The average molecular weight is 392 g/mol. The highest BCUT2D eigenvalue weighted by atomic mass is 127. The molecule has 0 saturated carbocycles. The Morgan fingerprint density at radius 3 is 3.00 bits per heavy atom. The Hall–Kier alpha value is 0.370. The Balaban J connectivity index is 2.92. The van der Waals surface area contributed by atoms with Gasteiger partial charge in [0.1, 0.15) is 7.40 Å². The number of pyridine rings is 1. The second kappa shape index (κ2) is 5.18. The molecule has 1 heterocycles. The lowest BCUT2D eigenvalue weighted by molar-refractivity contribution is 0.0501. The largest absolute Gasteiger partial charge is 0.465 e. The minimum atomic E-state index is 0.143. The van der Waals surface area contributed by atoms with Gasteiger partial charge in [-0.2, -0.15) is 0 Å². The molecule has 0 aliphatic rings. The zero-order chi connectivity index (χ0) is 9.84. The van der Waals surface area contributed by atoms with Crippen LogP contribution in [0.25, 0.3) is 0 Å². The maximum atomic E-state index is 7.60. The van der Waals surface area contributed by atoms with Gasteiger partial charge in [-0.25, -0.2) is 4.98 Å². The van der Waals surface area contributed by atoms with Crippen LogP contribution in [0, 0.1) is 7.40 Å². The molecule has 0 aliphatic heterocycles. The SMILES string of the molecule is [2H]c1cc(I)nc(I)c1OCOC. The predicted molar refractivity (Wildman–Crippen MR) is 62.2 cm³/mol. The first-order chi connectivity index (χ1) is 6.15. The summed E-state index contributed by atoms with van der Waals surface area (Å²) in [6, 6.07) is 1.98. The van der Waals surface area contributed by atoms with Gasteiger partial charge in [-0.1, -0.05) is 0 Å². The van der Waals surface area contributed by atoms with Gasteiger partial charge in [0, 0.05) is 7.11 Å². The molecule has 0 fully saturated rings. The Morgan fingerprint density at radius 1 is 1.67 bits per heavy atom. The molecule has 0 aromatic carbocycles. The van der Waals surface area contributed by atoms with E-state index in [4.69, 9.17) is 10.8 Å². The van der Waals surface area contributed by atoms with Crippen molar-refractivity contribution in [3.8, 4) is 5.75 Å². The van der Waals surface area contributed by atoms with Crippen molar-refractivity contribution in [3.63, 3.8) is 0 Å². The van der Waals surface area contributed by atoms with Crippen LogP contribution in [0.3, 0.4) is 0 Å². The summed E-state index contributed by atoms with van der Waals surface area (Å²) >= 11 is 4.10. The van der Waals surface area contributed by atoms with Crippen molar-refractivity contribution in [2.45, 2.75) is 0 Å². The van der Waals surface area contributed by atoms with E-state index in [-0.39, 0.29) is 6.79 Å². The molecular weight excluding hydrogens is 384 g/mol. The standard InChI is InChI=1S/C7H7I2NO2/c1-11-4-12-5-2-3-6(8)10-7(5)9/h2-3H,4H2,1H3/i2D. The van der Waals surface area contributed by atoms with Gasteiger partial charge in [-0.05, 0) is 57.3 Å². The van der Waals surface area contributed by atoms with Crippen LogP contribution in [0.4, 0.5) is 0 Å². The smallest absolute Gasteiger partial charge is 0.188 e. The van der Waals surface area contributed by atoms with Crippen LogP contribution in [-0.2, 0) is 4.74 Å². The van der Waals surface area contributed by atoms with Gasteiger partial charge < -0.3 is 9.47 Å². The molecule has 0 unspecified atom stereocenters. The first-order valence-electron chi connectivity index (χ1n) is 3.59. The quantitative estimate of drug-likeness (QED) is 0.450. The first kappa shape index (κ1) is 8.95. The van der Waals surface area contributed by atoms with Crippen molar-refractivity contribution in [3.05, 3.63) is 19.5 Å². The molecule has 1 rings (SSSR count). The van der Waals surface area contributed by atoms with Crippen molar-refractivity contribution < 1.29 is 10.8 Å². The number of nitrogens with zero attached hydrogens (tertiary/aromatic N) is 1. The summed E-state index contributed by atoms with van der Waals surface area (Å²) in [6.07, 6.45) is 0. The van der Waals surface area contributed by atoms with E-state index in [2.05, 4.69) is 27.6 Å². The highest BCUT2D eigenvalue weighted by Gasteiger charge is 2.01. The molecule has 0 radical (unpaired) electrons. The van der Waals surface area contributed by atoms with Gasteiger partial charge in [0.05, 0.1) is 1.37 Å². The van der Waals surface area contributed by atoms with E-state index in [0.29, 0.717) is 15.5 Å². The molecule has 0 atom stereocenters. The van der Waals surface area contributed by atoms with Crippen LogP contribution in [0.2, 0.25) is 0 Å². The molecule has 0 bridgehead atoms. The fourth-order valence-corrected chi connectivity index (χ4v) is 2.01. The van der Waals surface area contributed by atoms with Gasteiger partial charge in [-0.15, -0.1) is 0 Å². The average Bonchev–Trinajstić information content (AvgIpc) is 2.02. The van der Waals surface area contributed by atoms with Crippen molar-refractivity contribution in [1.82, 2.24) is 4.98 Å². The summed E-state index contributed by atoms with van der Waals surface area (Å²) in [5, 5.41) is 0. The Labute approximate surface area is 99.5 Å². The van der Waals surface area contributed by atoms with Crippen molar-refractivity contribution >= 4 is 45.2 Å². The monoisotopic (exact) mass is 392 g/mol. The molecule has 0 aliphatic carbocycles. The maximum Gasteiger partial charge on any atom is 0.188 e. The zero-order valence-corrected chi connectivity index (χ0v) is 10.6. The molecule has 66 valence electrons. The number of aromatic nitrogens is 1. The molecule has 1 aromatic heterocycles. The van der Waals surface area contributed by atoms with Gasteiger partial charge in [0.15, 0.2) is 12.5 Å². The number of rotatable bonds is 3. The van der Waals surface area contributed by atoms with Crippen LogP contribution in [0.15, 0.2) is 12.1 Å². The third-order valence-corrected chi connectivity index (χ3v) is 2.32. The van der Waals surface area contributed by atoms with Crippen LogP contribution >= 0.6 is 45.2 Å². The number of ether oxygens (including phenoxy) is 2. The van der Waals surface area contributed by atoms with Crippen molar-refractivity contribution in [2.24, 2.45) is 0 Å². The molecule has 0 amide bonds. The van der Waals surface area contributed by atoms with Gasteiger partial charge in [0.25, 0.3) is 0 Å². The van der Waals surface area contributed by atoms with Crippen molar-refractivity contribution in [1.29, 1.82) is 0 Å². The molecule has 0 N–H and O–H groups in total. The summed E-state index contributed by atoms with van der Waals surface area (Å²) in [5.74, 6) is 0.475. The summed E-state index contributed by atoms with van der Waals surface area (Å²) in [6.45, 7) is 0.143. The van der Waals surface area contributed by atoms with Crippen LogP contribution in [0.1, 0.15) is 1.37 Å².